The summed E-state index contributed by atoms with van der Waals surface area (Å²) < 4.78 is 77.3. The Labute approximate surface area is 128 Å². The Balaban J connectivity index is 2.55. The minimum atomic E-state index is -4.61. The van der Waals surface area contributed by atoms with E-state index in [1.165, 1.54) is 19.2 Å². The van der Waals surface area contributed by atoms with Gasteiger partial charge in [0.05, 0.1) is 5.56 Å². The molecule has 0 aliphatic carbocycles. The molecule has 9 heteroatoms. The monoisotopic (exact) mass is 343 g/mol. The van der Waals surface area contributed by atoms with Gasteiger partial charge >= 0.3 is 18.3 Å². The molecule has 0 spiro atoms. The zero-order valence-corrected chi connectivity index (χ0v) is 12.1. The van der Waals surface area contributed by atoms with Crippen molar-refractivity contribution < 1.29 is 35.9 Å². The van der Waals surface area contributed by atoms with Crippen LogP contribution in [0.5, 0.6) is 0 Å². The van der Waals surface area contributed by atoms with Gasteiger partial charge in [-0.25, -0.2) is 0 Å². The molecule has 0 radical (unpaired) electrons. The number of rotatable bonds is 6. The first-order valence-corrected chi connectivity index (χ1v) is 6.59. The van der Waals surface area contributed by atoms with Crippen molar-refractivity contribution >= 4 is 5.97 Å². The van der Waals surface area contributed by atoms with Crippen molar-refractivity contribution in [2.24, 2.45) is 0 Å². The number of halogens is 6. The van der Waals surface area contributed by atoms with Gasteiger partial charge in [0.2, 0.25) is 0 Å². The number of esters is 1. The van der Waals surface area contributed by atoms with E-state index < -0.39 is 36.5 Å². The first-order chi connectivity index (χ1) is 10.5. The molecular formula is C14H15F6NO2. The average molecular weight is 343 g/mol. The summed E-state index contributed by atoms with van der Waals surface area (Å²) in [7, 11) is 1.38. The summed E-state index contributed by atoms with van der Waals surface area (Å²) >= 11 is 0. The van der Waals surface area contributed by atoms with E-state index in [1.54, 1.807) is 0 Å². The van der Waals surface area contributed by atoms with Gasteiger partial charge in [0.25, 0.3) is 0 Å². The minimum absolute atomic E-state index is 0.0958. The lowest BCUT2D eigenvalue weighted by Crippen LogP contribution is -2.37. The van der Waals surface area contributed by atoms with Crippen LogP contribution >= 0.6 is 0 Å². The second-order valence-electron chi connectivity index (χ2n) is 4.80. The molecule has 1 atom stereocenters. The molecule has 0 saturated carbocycles. The van der Waals surface area contributed by atoms with E-state index in [2.05, 4.69) is 10.1 Å². The maximum atomic E-state index is 12.4. The standard InChI is InChI=1S/C14H15F6NO2/c1-21-11(12(22)23-8-13(15,16)17)7-4-9-2-5-10(6-3-9)14(18,19)20/h2-3,5-6,11,21H,4,7-8H2,1H3/t11-/m0/s1. The molecule has 0 amide bonds. The molecule has 0 aliphatic heterocycles. The van der Waals surface area contributed by atoms with Crippen LogP contribution in [0.4, 0.5) is 26.3 Å². The highest BCUT2D eigenvalue weighted by Crippen LogP contribution is 2.29. The highest BCUT2D eigenvalue weighted by Gasteiger charge is 2.31. The van der Waals surface area contributed by atoms with Gasteiger partial charge in [0.15, 0.2) is 6.61 Å². The SMILES string of the molecule is CN[C@@H](CCc1ccc(C(F)(F)F)cc1)C(=O)OCC(F)(F)F. The van der Waals surface area contributed by atoms with Crippen LogP contribution in [0.2, 0.25) is 0 Å². The van der Waals surface area contributed by atoms with E-state index in [0.29, 0.717) is 5.56 Å². The highest BCUT2D eigenvalue weighted by atomic mass is 19.4. The number of likely N-dealkylation sites (N-methyl/N-ethyl adjacent to an activating group) is 1. The van der Waals surface area contributed by atoms with Gasteiger partial charge in [-0.3, -0.25) is 4.79 Å². The summed E-state index contributed by atoms with van der Waals surface area (Å²) in [6.45, 7) is -1.68. The van der Waals surface area contributed by atoms with E-state index in [0.717, 1.165) is 12.1 Å². The van der Waals surface area contributed by atoms with Crippen molar-refractivity contribution in [3.63, 3.8) is 0 Å². The van der Waals surface area contributed by atoms with Crippen LogP contribution in [0, 0.1) is 0 Å². The Morgan fingerprint density at radius 3 is 2.13 bits per heavy atom. The number of carbonyl (C=O) groups excluding carboxylic acids is 1. The summed E-state index contributed by atoms with van der Waals surface area (Å²) in [5.41, 5.74) is -0.266. The molecule has 1 rings (SSSR count). The predicted molar refractivity (Wildman–Crippen MR) is 69.6 cm³/mol. The van der Waals surface area contributed by atoms with Crippen LogP contribution in [0.1, 0.15) is 17.5 Å². The Kier molecular flexibility index (Phi) is 6.43. The zero-order valence-electron chi connectivity index (χ0n) is 12.1. The number of nitrogens with one attached hydrogen (secondary N) is 1. The minimum Gasteiger partial charge on any atom is -0.455 e. The van der Waals surface area contributed by atoms with Crippen LogP contribution in [-0.2, 0) is 22.1 Å². The number of ether oxygens (including phenoxy) is 1. The fraction of sp³-hybridized carbons (Fsp3) is 0.500. The van der Waals surface area contributed by atoms with Gasteiger partial charge in [-0.2, -0.15) is 26.3 Å². The molecule has 3 nitrogen and oxygen atoms in total. The van der Waals surface area contributed by atoms with Crippen LogP contribution in [0.3, 0.4) is 0 Å². The van der Waals surface area contributed by atoms with Crippen molar-refractivity contribution in [1.29, 1.82) is 0 Å². The second kappa shape index (κ2) is 7.67. The lowest BCUT2D eigenvalue weighted by Gasteiger charge is -2.16. The molecule has 130 valence electrons. The number of alkyl halides is 6. The first-order valence-electron chi connectivity index (χ1n) is 6.59. The highest BCUT2D eigenvalue weighted by molar-refractivity contribution is 5.75. The van der Waals surface area contributed by atoms with Crippen LogP contribution < -0.4 is 5.32 Å². The third-order valence-corrected chi connectivity index (χ3v) is 3.01. The smallest absolute Gasteiger partial charge is 0.422 e. The van der Waals surface area contributed by atoms with Crippen molar-refractivity contribution in [1.82, 2.24) is 5.32 Å². The molecule has 0 unspecified atom stereocenters. The van der Waals surface area contributed by atoms with E-state index in [-0.39, 0.29) is 12.8 Å². The number of benzene rings is 1. The van der Waals surface area contributed by atoms with Gasteiger partial charge in [-0.05, 0) is 37.6 Å². The van der Waals surface area contributed by atoms with Crippen molar-refractivity contribution in [2.75, 3.05) is 13.7 Å². The number of hydrogen-bond donors (Lipinski definition) is 1. The van der Waals surface area contributed by atoms with E-state index >= 15 is 0 Å². The van der Waals surface area contributed by atoms with Crippen molar-refractivity contribution in [3.05, 3.63) is 35.4 Å². The quantitative estimate of drug-likeness (QED) is 0.636. The largest absolute Gasteiger partial charge is 0.455 e. The molecule has 1 aromatic carbocycles. The second-order valence-corrected chi connectivity index (χ2v) is 4.80. The predicted octanol–water partition coefficient (Wildman–Crippen LogP) is 3.33. The Bertz CT molecular complexity index is 509. The van der Waals surface area contributed by atoms with Gasteiger partial charge in [0.1, 0.15) is 6.04 Å². The molecule has 0 heterocycles. The molecule has 0 fully saturated rings. The number of hydrogen-bond acceptors (Lipinski definition) is 3. The fourth-order valence-electron chi connectivity index (χ4n) is 1.80. The maximum Gasteiger partial charge on any atom is 0.422 e. The van der Waals surface area contributed by atoms with Gasteiger partial charge in [0, 0.05) is 0 Å². The molecular weight excluding hydrogens is 328 g/mol. The van der Waals surface area contributed by atoms with E-state index in [1.807, 2.05) is 0 Å². The Hall–Kier alpha value is -1.77. The van der Waals surface area contributed by atoms with Gasteiger partial charge < -0.3 is 10.1 Å². The third-order valence-electron chi connectivity index (χ3n) is 3.01. The Morgan fingerprint density at radius 1 is 1.13 bits per heavy atom. The molecule has 0 aliphatic rings. The molecule has 23 heavy (non-hydrogen) atoms. The summed E-state index contributed by atoms with van der Waals surface area (Å²) in [4.78, 5) is 11.5. The zero-order chi connectivity index (χ0) is 17.7. The number of aryl methyl sites for hydroxylation is 1. The Morgan fingerprint density at radius 2 is 1.70 bits per heavy atom. The van der Waals surface area contributed by atoms with Gasteiger partial charge in [-0.15, -0.1) is 0 Å². The lowest BCUT2D eigenvalue weighted by atomic mass is 10.0. The summed E-state index contributed by atoms with van der Waals surface area (Å²) in [6.07, 6.45) is -8.74. The van der Waals surface area contributed by atoms with Crippen LogP contribution in [0.25, 0.3) is 0 Å². The summed E-state index contributed by atoms with van der Waals surface area (Å²) in [6, 6.07) is 3.37. The molecule has 0 bridgehead atoms. The topological polar surface area (TPSA) is 38.3 Å². The summed E-state index contributed by atoms with van der Waals surface area (Å²) in [5.74, 6) is -1.06. The average Bonchev–Trinajstić information content (AvgIpc) is 2.44. The first kappa shape index (κ1) is 19.3. The van der Waals surface area contributed by atoms with Gasteiger partial charge in [-0.1, -0.05) is 12.1 Å². The lowest BCUT2D eigenvalue weighted by molar-refractivity contribution is -0.187. The molecule has 1 aromatic rings. The molecule has 1 N–H and O–H groups in total. The maximum absolute atomic E-state index is 12.4. The summed E-state index contributed by atoms with van der Waals surface area (Å²) in [5, 5.41) is 2.52. The van der Waals surface area contributed by atoms with Crippen molar-refractivity contribution in [2.45, 2.75) is 31.2 Å². The van der Waals surface area contributed by atoms with E-state index in [4.69, 9.17) is 0 Å². The number of carbonyl (C=O) groups is 1. The van der Waals surface area contributed by atoms with Crippen LogP contribution in [-0.4, -0.2) is 31.8 Å². The molecule has 0 saturated heterocycles. The fourth-order valence-corrected chi connectivity index (χ4v) is 1.80. The van der Waals surface area contributed by atoms with E-state index in [9.17, 15) is 31.1 Å². The van der Waals surface area contributed by atoms with Crippen LogP contribution in [0.15, 0.2) is 24.3 Å². The normalized spacial score (nSPS) is 13.7. The van der Waals surface area contributed by atoms with Crippen molar-refractivity contribution in [3.8, 4) is 0 Å². The third kappa shape index (κ3) is 6.89. The molecule has 0 aromatic heterocycles.